The maximum atomic E-state index is 12.1. The molecule has 6 fully saturated rings. The highest BCUT2D eigenvalue weighted by Gasteiger charge is 2.57. The number of ether oxygens (including phenoxy) is 12. The Kier molecular flexibility index (Phi) is 12.9. The average molecular weight is 853 g/mol. The maximum absolute atomic E-state index is 12.1. The van der Waals surface area contributed by atoms with E-state index in [2.05, 4.69) is 13.8 Å². The van der Waals surface area contributed by atoms with Crippen LogP contribution in [0.25, 0.3) is 0 Å². The first-order valence-electron chi connectivity index (χ1n) is 21.9. The number of aliphatic hydroxyl groups excluding tert-OH is 1. The van der Waals surface area contributed by atoms with Gasteiger partial charge < -0.3 is 61.9 Å². The van der Waals surface area contributed by atoms with Gasteiger partial charge in [-0.05, 0) is 11.5 Å². The number of fused-ring (bicyclic) bond motifs is 3. The Labute approximate surface area is 362 Å². The van der Waals surface area contributed by atoms with Crippen molar-refractivity contribution in [2.45, 2.75) is 120 Å². The van der Waals surface area contributed by atoms with E-state index < -0.39 is 86.4 Å². The molecule has 18 atom stereocenters. The van der Waals surface area contributed by atoms with Crippen molar-refractivity contribution in [1.82, 2.24) is 0 Å². The highest BCUT2D eigenvalue weighted by Crippen LogP contribution is 2.45. The second-order valence-electron chi connectivity index (χ2n) is 17.2. The van der Waals surface area contributed by atoms with Gasteiger partial charge in [-0.2, -0.15) is 0 Å². The van der Waals surface area contributed by atoms with Crippen LogP contribution in [-0.2, 0) is 63.4 Å². The fourth-order valence-corrected chi connectivity index (χ4v) is 9.45. The van der Waals surface area contributed by atoms with Gasteiger partial charge in [0.1, 0.15) is 42.7 Å². The van der Waals surface area contributed by atoms with E-state index in [0.717, 1.165) is 22.3 Å². The van der Waals surface area contributed by atoms with E-state index >= 15 is 0 Å². The molecule has 0 saturated carbocycles. The molecular formula is C49H56O13. The Morgan fingerprint density at radius 2 is 0.855 bits per heavy atom. The molecule has 13 heteroatoms. The molecule has 10 rings (SSSR count). The lowest BCUT2D eigenvalue weighted by atomic mass is 9.83. The Bertz CT molecular complexity index is 2010. The monoisotopic (exact) mass is 852 g/mol. The zero-order valence-corrected chi connectivity index (χ0v) is 35.1. The van der Waals surface area contributed by atoms with Crippen molar-refractivity contribution in [1.29, 1.82) is 0 Å². The molecule has 0 aromatic heterocycles. The van der Waals surface area contributed by atoms with Crippen LogP contribution in [0.15, 0.2) is 121 Å². The summed E-state index contributed by atoms with van der Waals surface area (Å²) in [6.45, 7) is 7.32. The van der Waals surface area contributed by atoms with Crippen molar-refractivity contribution in [2.24, 2.45) is 17.8 Å². The van der Waals surface area contributed by atoms with Gasteiger partial charge in [-0.15, -0.1) is 0 Å². The molecule has 0 bridgehead atoms. The summed E-state index contributed by atoms with van der Waals surface area (Å²) in [7, 11) is 0. The minimum absolute atomic E-state index is 0.0606. The first kappa shape index (κ1) is 42.3. The molecule has 1 N–H and O–H groups in total. The van der Waals surface area contributed by atoms with Crippen LogP contribution in [0.4, 0.5) is 0 Å². The van der Waals surface area contributed by atoms with Gasteiger partial charge in [-0.25, -0.2) is 0 Å². The van der Waals surface area contributed by atoms with E-state index in [1.807, 2.05) is 128 Å². The van der Waals surface area contributed by atoms with Gasteiger partial charge in [0.2, 0.25) is 0 Å². The summed E-state index contributed by atoms with van der Waals surface area (Å²) in [5.74, 6) is -0.419. The standard InChI is InChI=1S/C49H56O13/c1-28-29(2)44(55-35-25-52-46(58-39(28)35)32-18-10-5-11-19-32)59-40-30(3)45(56-36-26-53-47(60-41(36)40)33-20-12-6-13-21-33)62-43-38(50)49(51-24-31-16-8-4-9-17-31)57-37-27-54-48(61-42(37)43)34-22-14-7-15-23-34/h4-23,28-30,35-50H,24-27H2,1-3H3/t28-,29?,30?,35?,36?,37?,38?,39+,40-,41-,42-,43-,44+,45+,46?,47?,48?,49-/m1/s1. The minimum Gasteiger partial charge on any atom is -0.385 e. The number of hydrogen-bond donors (Lipinski definition) is 1. The van der Waals surface area contributed by atoms with Crippen LogP contribution in [0.1, 0.15) is 61.9 Å². The van der Waals surface area contributed by atoms with Gasteiger partial charge in [0.05, 0.1) is 38.6 Å². The van der Waals surface area contributed by atoms with Crippen LogP contribution in [0, 0.1) is 17.8 Å². The van der Waals surface area contributed by atoms with E-state index in [9.17, 15) is 5.11 Å². The molecule has 9 unspecified atom stereocenters. The molecule has 0 aliphatic carbocycles. The lowest BCUT2D eigenvalue weighted by Crippen LogP contribution is -2.66. The fraction of sp³-hybridized carbons (Fsp3) is 0.510. The predicted octanol–water partition coefficient (Wildman–Crippen LogP) is 6.76. The zero-order valence-electron chi connectivity index (χ0n) is 35.1. The second kappa shape index (κ2) is 18.8. The number of hydrogen-bond acceptors (Lipinski definition) is 13. The third-order valence-corrected chi connectivity index (χ3v) is 13.1. The summed E-state index contributed by atoms with van der Waals surface area (Å²) >= 11 is 0. The summed E-state index contributed by atoms with van der Waals surface area (Å²) < 4.78 is 78.9. The number of rotatable bonds is 10. The maximum Gasteiger partial charge on any atom is 0.187 e. The lowest BCUT2D eigenvalue weighted by molar-refractivity contribution is -0.413. The van der Waals surface area contributed by atoms with Crippen LogP contribution >= 0.6 is 0 Å². The third kappa shape index (κ3) is 8.77. The SMILES string of the molecule is CC1[C@H](O[C@@H]2C(C)[C@H](O[C@@H]3C(O)[C@H](OCc4ccccc4)OC4COC(c5ccccc5)O[C@H]43)OC3COC(c4ccccc4)O[C@H]32)OC2COC(c3ccccc3)O[C@H]2[C@@H]1C. The third-order valence-electron chi connectivity index (χ3n) is 13.1. The lowest BCUT2D eigenvalue weighted by Gasteiger charge is -2.53. The summed E-state index contributed by atoms with van der Waals surface area (Å²) in [5, 5.41) is 12.1. The molecule has 0 spiro atoms. The summed E-state index contributed by atoms with van der Waals surface area (Å²) in [6, 6.07) is 39.2. The molecular weight excluding hydrogens is 797 g/mol. The molecule has 6 heterocycles. The van der Waals surface area contributed by atoms with Crippen LogP contribution in [-0.4, -0.2) is 98.7 Å². The Hall–Kier alpha value is -3.64. The van der Waals surface area contributed by atoms with Crippen molar-refractivity contribution in [3.8, 4) is 0 Å². The molecule has 330 valence electrons. The van der Waals surface area contributed by atoms with Crippen molar-refractivity contribution in [3.05, 3.63) is 144 Å². The van der Waals surface area contributed by atoms with Gasteiger partial charge in [0, 0.05) is 28.5 Å². The Morgan fingerprint density at radius 1 is 0.452 bits per heavy atom. The van der Waals surface area contributed by atoms with Crippen molar-refractivity contribution >= 4 is 0 Å². The number of aliphatic hydroxyl groups is 1. The molecule has 0 amide bonds. The van der Waals surface area contributed by atoms with Crippen molar-refractivity contribution in [2.75, 3.05) is 19.8 Å². The van der Waals surface area contributed by atoms with Crippen molar-refractivity contribution in [3.63, 3.8) is 0 Å². The topological polar surface area (TPSA) is 131 Å². The fourth-order valence-electron chi connectivity index (χ4n) is 9.45. The van der Waals surface area contributed by atoms with Gasteiger partial charge >= 0.3 is 0 Å². The zero-order chi connectivity index (χ0) is 42.2. The van der Waals surface area contributed by atoms with E-state index in [-0.39, 0.29) is 43.9 Å². The average Bonchev–Trinajstić information content (AvgIpc) is 3.33. The number of benzene rings is 4. The van der Waals surface area contributed by atoms with Crippen LogP contribution in [0.3, 0.4) is 0 Å². The second-order valence-corrected chi connectivity index (χ2v) is 17.2. The highest BCUT2D eigenvalue weighted by molar-refractivity contribution is 5.19. The molecule has 4 aromatic rings. The molecule has 62 heavy (non-hydrogen) atoms. The largest absolute Gasteiger partial charge is 0.385 e. The first-order chi connectivity index (χ1) is 30.4. The highest BCUT2D eigenvalue weighted by atomic mass is 16.8. The van der Waals surface area contributed by atoms with Gasteiger partial charge in [0.15, 0.2) is 37.7 Å². The van der Waals surface area contributed by atoms with Crippen molar-refractivity contribution < 1.29 is 61.9 Å². The molecule has 6 aliphatic rings. The smallest absolute Gasteiger partial charge is 0.187 e. The molecule has 13 nitrogen and oxygen atoms in total. The summed E-state index contributed by atoms with van der Waals surface area (Å²) in [4.78, 5) is 0. The Balaban J connectivity index is 0.910. The van der Waals surface area contributed by atoms with Gasteiger partial charge in [-0.3, -0.25) is 0 Å². The van der Waals surface area contributed by atoms with E-state index in [4.69, 9.17) is 56.8 Å². The summed E-state index contributed by atoms with van der Waals surface area (Å²) in [6.07, 6.45) is -10.2. The molecule has 4 aromatic carbocycles. The molecule has 6 aliphatic heterocycles. The van der Waals surface area contributed by atoms with Crippen LogP contribution in [0.5, 0.6) is 0 Å². The quantitative estimate of drug-likeness (QED) is 0.181. The molecule has 0 radical (unpaired) electrons. The minimum atomic E-state index is -1.26. The van der Waals surface area contributed by atoms with E-state index in [0.29, 0.717) is 6.61 Å². The van der Waals surface area contributed by atoms with Gasteiger partial charge in [0.25, 0.3) is 0 Å². The predicted molar refractivity (Wildman–Crippen MR) is 220 cm³/mol. The normalized spacial score (nSPS) is 40.7. The summed E-state index contributed by atoms with van der Waals surface area (Å²) in [5.41, 5.74) is 3.64. The Morgan fingerprint density at radius 3 is 1.37 bits per heavy atom. The van der Waals surface area contributed by atoms with E-state index in [1.54, 1.807) is 0 Å². The van der Waals surface area contributed by atoms with E-state index in [1.165, 1.54) is 0 Å². The van der Waals surface area contributed by atoms with Gasteiger partial charge in [-0.1, -0.05) is 142 Å². The first-order valence-corrected chi connectivity index (χ1v) is 21.9. The molecule has 6 saturated heterocycles. The van der Waals surface area contributed by atoms with Crippen LogP contribution < -0.4 is 0 Å². The van der Waals surface area contributed by atoms with Crippen LogP contribution in [0.2, 0.25) is 0 Å².